The number of hydrogen-bond donors (Lipinski definition) is 4. The fourth-order valence-electron chi connectivity index (χ4n) is 5.54. The van der Waals surface area contributed by atoms with Crippen molar-refractivity contribution in [2.24, 2.45) is 0 Å². The fourth-order valence-corrected chi connectivity index (χ4v) is 5.54. The summed E-state index contributed by atoms with van der Waals surface area (Å²) in [6.45, 7) is 3.57. The highest BCUT2D eigenvalue weighted by Crippen LogP contribution is 2.40. The van der Waals surface area contributed by atoms with Gasteiger partial charge in [-0.25, -0.2) is 19.0 Å². The van der Waals surface area contributed by atoms with E-state index in [2.05, 4.69) is 10.6 Å². The summed E-state index contributed by atoms with van der Waals surface area (Å²) in [4.78, 5) is 43.5. The molecule has 1 atom stereocenters. The maximum Gasteiger partial charge on any atom is 0.343 e. The highest BCUT2D eigenvalue weighted by Gasteiger charge is 2.45. The smallest absolute Gasteiger partial charge is 0.343 e. The second-order valence-corrected chi connectivity index (χ2v) is 10.4. The first-order valence-corrected chi connectivity index (χ1v) is 13.3. The molecule has 6 rings (SSSR count). The van der Waals surface area contributed by atoms with E-state index in [1.807, 2.05) is 12.1 Å². The van der Waals surface area contributed by atoms with Crippen LogP contribution in [-0.4, -0.2) is 26.7 Å². The molecule has 41 heavy (non-hydrogen) atoms. The monoisotopic (exact) mass is 557 g/mol. The Morgan fingerprint density at radius 2 is 1.88 bits per heavy atom. The summed E-state index contributed by atoms with van der Waals surface area (Å²) in [5.74, 6) is -1.25. The molecule has 10 nitrogen and oxygen atoms in total. The topological polar surface area (TPSA) is 149 Å². The van der Waals surface area contributed by atoms with Crippen LogP contribution in [-0.2, 0) is 41.4 Å². The molecule has 0 spiro atoms. The summed E-state index contributed by atoms with van der Waals surface area (Å²) >= 11 is 0. The number of aromatic nitrogens is 2. The molecule has 0 radical (unpaired) electrons. The van der Waals surface area contributed by atoms with Crippen LogP contribution in [0.1, 0.15) is 46.7 Å². The summed E-state index contributed by atoms with van der Waals surface area (Å²) in [7, 11) is 0. The van der Waals surface area contributed by atoms with Crippen LogP contribution in [0.15, 0.2) is 47.3 Å². The number of cyclic esters (lactones) is 1. The van der Waals surface area contributed by atoms with Gasteiger partial charge in [0.1, 0.15) is 12.4 Å². The number of nitrogens with one attached hydrogen (secondary N) is 2. The maximum absolute atomic E-state index is 14.6. The summed E-state index contributed by atoms with van der Waals surface area (Å²) in [5.41, 5.74) is 8.25. The number of nitrogens with zero attached hydrogens (tertiary/aromatic N) is 2. The number of rotatable bonds is 5. The predicted octanol–water partition coefficient (Wildman–Crippen LogP) is 3.11. The van der Waals surface area contributed by atoms with Gasteiger partial charge in [-0.05, 0) is 54.3 Å². The molecule has 4 aromatic rings. The van der Waals surface area contributed by atoms with Gasteiger partial charge in [-0.1, -0.05) is 19.1 Å². The molecule has 0 bridgehead atoms. The number of esters is 1. The van der Waals surface area contributed by atoms with E-state index in [1.54, 1.807) is 38.1 Å². The molecule has 5 N–H and O–H groups in total. The van der Waals surface area contributed by atoms with Gasteiger partial charge >= 0.3 is 12.0 Å². The van der Waals surface area contributed by atoms with Crippen molar-refractivity contribution in [1.82, 2.24) is 20.2 Å². The van der Waals surface area contributed by atoms with Gasteiger partial charge in [-0.2, -0.15) is 0 Å². The molecule has 0 saturated heterocycles. The standard InChI is InChI=1S/C30H28FN5O5/c1-3-30(40)22-9-25-26-20(13-36(25)27(37)21(22)14-41-28(30)38)19(18-8-15(2)23(31)10-24(18)35-26)12-34-29(39)33-11-16-4-6-17(32)7-5-16/h4-10,40H,3,11-14,32H2,1-2H3,(H2,33,34,39)/t30-/m0/s1. The lowest BCUT2D eigenvalue weighted by atomic mass is 9.86. The minimum absolute atomic E-state index is 0.0187. The third kappa shape index (κ3) is 4.29. The molecule has 2 aliphatic rings. The second-order valence-electron chi connectivity index (χ2n) is 10.4. The number of carbonyl (C=O) groups is 2. The second kappa shape index (κ2) is 9.70. The number of hydrogen-bond acceptors (Lipinski definition) is 7. The van der Waals surface area contributed by atoms with Gasteiger partial charge in [-0.15, -0.1) is 0 Å². The van der Waals surface area contributed by atoms with E-state index in [1.165, 1.54) is 10.6 Å². The van der Waals surface area contributed by atoms with Crippen LogP contribution in [0.3, 0.4) is 0 Å². The minimum atomic E-state index is -1.96. The van der Waals surface area contributed by atoms with Crippen LogP contribution in [0.5, 0.6) is 0 Å². The van der Waals surface area contributed by atoms with Gasteiger partial charge in [0, 0.05) is 41.4 Å². The van der Waals surface area contributed by atoms with Crippen molar-refractivity contribution in [3.05, 3.63) is 92.0 Å². The lowest BCUT2D eigenvalue weighted by molar-refractivity contribution is -0.172. The van der Waals surface area contributed by atoms with Crippen LogP contribution in [0, 0.1) is 12.7 Å². The highest BCUT2D eigenvalue weighted by molar-refractivity contribution is 5.90. The number of halogens is 1. The number of benzene rings is 2. The van der Waals surface area contributed by atoms with Crippen molar-refractivity contribution in [2.75, 3.05) is 5.73 Å². The number of aliphatic hydroxyl groups is 1. The lowest BCUT2D eigenvalue weighted by Gasteiger charge is -2.31. The Bertz CT molecular complexity index is 1820. The Kier molecular flexibility index (Phi) is 6.26. The van der Waals surface area contributed by atoms with E-state index in [0.717, 1.165) is 5.56 Å². The van der Waals surface area contributed by atoms with E-state index in [4.69, 9.17) is 15.5 Å². The van der Waals surface area contributed by atoms with E-state index >= 15 is 0 Å². The average Bonchev–Trinajstić information content (AvgIpc) is 3.32. The Labute approximate surface area is 234 Å². The van der Waals surface area contributed by atoms with Crippen molar-refractivity contribution in [1.29, 1.82) is 0 Å². The van der Waals surface area contributed by atoms with Gasteiger partial charge in [-0.3, -0.25) is 4.79 Å². The zero-order chi connectivity index (χ0) is 29.1. The molecule has 2 aromatic carbocycles. The van der Waals surface area contributed by atoms with Gasteiger partial charge in [0.2, 0.25) is 0 Å². The van der Waals surface area contributed by atoms with Crippen molar-refractivity contribution in [2.45, 2.75) is 52.1 Å². The molecule has 4 heterocycles. The molecule has 11 heteroatoms. The molecule has 0 aliphatic carbocycles. The van der Waals surface area contributed by atoms with Crippen molar-refractivity contribution in [3.8, 4) is 11.4 Å². The molecule has 210 valence electrons. The number of carbonyl (C=O) groups excluding carboxylic acids is 2. The number of amides is 2. The van der Waals surface area contributed by atoms with E-state index in [0.29, 0.717) is 51.2 Å². The SMILES string of the molecule is CC[C@@]1(O)C(=O)OCc2c1cc1n(c2=O)Cc2c-1nc1cc(F)c(C)cc1c2CNC(=O)NCc1ccc(N)cc1. The zero-order valence-corrected chi connectivity index (χ0v) is 22.5. The van der Waals surface area contributed by atoms with Gasteiger partial charge in [0.05, 0.1) is 29.0 Å². The van der Waals surface area contributed by atoms with Crippen LogP contribution in [0.4, 0.5) is 14.9 Å². The van der Waals surface area contributed by atoms with Crippen LogP contribution < -0.4 is 21.9 Å². The number of ether oxygens (including phenoxy) is 1. The average molecular weight is 558 g/mol. The predicted molar refractivity (Wildman–Crippen MR) is 149 cm³/mol. The number of urea groups is 1. The van der Waals surface area contributed by atoms with Crippen molar-refractivity contribution < 1.29 is 23.8 Å². The Hall–Kier alpha value is -4.77. The van der Waals surface area contributed by atoms with E-state index in [-0.39, 0.29) is 37.2 Å². The Morgan fingerprint density at radius 3 is 2.61 bits per heavy atom. The summed E-state index contributed by atoms with van der Waals surface area (Å²) in [6, 6.07) is 11.4. The van der Waals surface area contributed by atoms with E-state index < -0.39 is 29.0 Å². The Balaban J connectivity index is 1.40. The quantitative estimate of drug-likeness (QED) is 0.192. The van der Waals surface area contributed by atoms with E-state index in [9.17, 15) is 23.9 Å². The highest BCUT2D eigenvalue weighted by atomic mass is 19.1. The number of anilines is 1. The molecule has 0 fully saturated rings. The van der Waals surface area contributed by atoms with Crippen LogP contribution >= 0.6 is 0 Å². The molecule has 2 amide bonds. The number of nitrogen functional groups attached to an aromatic ring is 1. The lowest BCUT2D eigenvalue weighted by Crippen LogP contribution is -2.44. The van der Waals surface area contributed by atoms with Crippen LogP contribution in [0.2, 0.25) is 0 Å². The number of aryl methyl sites for hydroxylation is 1. The number of fused-ring (bicyclic) bond motifs is 5. The molecule has 0 unspecified atom stereocenters. The molecular weight excluding hydrogens is 529 g/mol. The number of pyridine rings is 2. The maximum atomic E-state index is 14.6. The Morgan fingerprint density at radius 1 is 1.15 bits per heavy atom. The van der Waals surface area contributed by atoms with Gasteiger partial charge in [0.25, 0.3) is 5.56 Å². The zero-order valence-electron chi connectivity index (χ0n) is 22.5. The third-order valence-corrected chi connectivity index (χ3v) is 7.94. The van der Waals surface area contributed by atoms with Crippen LogP contribution in [0.25, 0.3) is 22.3 Å². The largest absolute Gasteiger partial charge is 0.458 e. The third-order valence-electron chi connectivity index (χ3n) is 7.94. The van der Waals surface area contributed by atoms with Gasteiger partial charge in [0.15, 0.2) is 5.60 Å². The van der Waals surface area contributed by atoms with Crippen molar-refractivity contribution >= 4 is 28.6 Å². The normalized spacial score (nSPS) is 17.0. The first-order valence-electron chi connectivity index (χ1n) is 13.3. The molecule has 2 aromatic heterocycles. The molecular formula is C30H28FN5O5. The van der Waals surface area contributed by atoms with Gasteiger partial charge < -0.3 is 30.8 Å². The minimum Gasteiger partial charge on any atom is -0.458 e. The number of nitrogens with two attached hydrogens (primary N) is 1. The summed E-state index contributed by atoms with van der Waals surface area (Å²) < 4.78 is 21.3. The van der Waals surface area contributed by atoms with Crippen molar-refractivity contribution in [3.63, 3.8) is 0 Å². The molecule has 2 aliphatic heterocycles. The first-order chi connectivity index (χ1) is 19.6. The summed E-state index contributed by atoms with van der Waals surface area (Å²) in [5, 5.41) is 17.5. The fraction of sp³-hybridized carbons (Fsp3) is 0.267. The first kappa shape index (κ1) is 26.5. The molecule has 0 saturated carbocycles. The summed E-state index contributed by atoms with van der Waals surface area (Å²) in [6.07, 6.45) is 0.0187.